The maximum Gasteiger partial charge on any atom is 0.266 e. The molecular weight excluding hydrogens is 306 g/mol. The van der Waals surface area contributed by atoms with Gasteiger partial charge in [-0.15, -0.1) is 0 Å². The topological polar surface area (TPSA) is 88.8 Å². The molecule has 2 aromatic heterocycles. The van der Waals surface area contributed by atoms with Crippen LogP contribution in [0.1, 0.15) is 54.6 Å². The minimum Gasteiger partial charge on any atom is -0.353 e. The molecule has 7 heteroatoms. The highest BCUT2D eigenvalue weighted by Crippen LogP contribution is 2.24. The first-order valence-electron chi connectivity index (χ1n) is 7.31. The van der Waals surface area contributed by atoms with Gasteiger partial charge in [0, 0.05) is 6.20 Å². The number of nitrogens with one attached hydrogen (secondary N) is 1. The summed E-state index contributed by atoms with van der Waals surface area (Å²) in [5.74, 6) is 0.147. The molecule has 0 amide bonds. The van der Waals surface area contributed by atoms with E-state index in [2.05, 4.69) is 15.1 Å². The Balaban J connectivity index is 0.000000246. The number of hydrogen-bond acceptors (Lipinski definition) is 5. The molecular formula is C15H18ClN3O3. The maximum atomic E-state index is 11.2. The quantitative estimate of drug-likeness (QED) is 0.855. The van der Waals surface area contributed by atoms with Crippen molar-refractivity contribution < 1.29 is 9.32 Å². The molecule has 0 atom stereocenters. The number of aromatic amines is 1. The number of carbonyl (C=O) groups excluding carboxylic acids is 1. The molecule has 1 aliphatic carbocycles. The van der Waals surface area contributed by atoms with Gasteiger partial charge in [-0.05, 0) is 18.5 Å². The summed E-state index contributed by atoms with van der Waals surface area (Å²) in [5, 5.41) is 2.95. The molecule has 22 heavy (non-hydrogen) atoms. The second-order valence-corrected chi connectivity index (χ2v) is 5.51. The van der Waals surface area contributed by atoms with Crippen LogP contribution >= 0.6 is 11.6 Å². The Morgan fingerprint density at radius 2 is 1.82 bits per heavy atom. The fourth-order valence-electron chi connectivity index (χ4n) is 2.30. The van der Waals surface area contributed by atoms with E-state index >= 15 is 0 Å². The van der Waals surface area contributed by atoms with E-state index in [0.29, 0.717) is 11.4 Å². The third kappa shape index (κ3) is 4.27. The third-order valence-electron chi connectivity index (χ3n) is 3.46. The molecule has 0 spiro atoms. The number of H-pyrrole nitrogens is 1. The van der Waals surface area contributed by atoms with Crippen LogP contribution < -0.4 is 5.56 Å². The summed E-state index contributed by atoms with van der Waals surface area (Å²) in [4.78, 5) is 28.2. The Morgan fingerprint density at radius 1 is 1.23 bits per heavy atom. The molecule has 1 aliphatic rings. The molecule has 0 aliphatic heterocycles. The van der Waals surface area contributed by atoms with Crippen LogP contribution in [0.3, 0.4) is 0 Å². The molecule has 0 unspecified atom stereocenters. The lowest BCUT2D eigenvalue weighted by Gasteiger charge is -2.05. The Labute approximate surface area is 132 Å². The zero-order chi connectivity index (χ0) is 15.9. The van der Waals surface area contributed by atoms with Gasteiger partial charge in [-0.1, -0.05) is 43.7 Å². The molecule has 0 aromatic carbocycles. The Hall–Kier alpha value is -1.95. The summed E-state index contributed by atoms with van der Waals surface area (Å²) in [6.07, 6.45) is 11.4. The predicted octanol–water partition coefficient (Wildman–Crippen LogP) is 3.45. The average Bonchev–Trinajstić information content (AvgIpc) is 2.92. The normalized spacial score (nSPS) is 14.1. The summed E-state index contributed by atoms with van der Waals surface area (Å²) < 4.78 is 4.94. The van der Waals surface area contributed by atoms with Gasteiger partial charge in [0.1, 0.15) is 11.3 Å². The molecule has 1 saturated carbocycles. The number of hydrogen-bond donors (Lipinski definition) is 1. The van der Waals surface area contributed by atoms with Crippen molar-refractivity contribution in [3.63, 3.8) is 0 Å². The molecule has 0 radical (unpaired) electrons. The van der Waals surface area contributed by atoms with Gasteiger partial charge in [-0.25, -0.2) is 4.98 Å². The van der Waals surface area contributed by atoms with Crippen molar-refractivity contribution in [2.24, 2.45) is 0 Å². The van der Waals surface area contributed by atoms with Crippen molar-refractivity contribution in [3.8, 4) is 11.5 Å². The van der Waals surface area contributed by atoms with Gasteiger partial charge in [0.2, 0.25) is 0 Å². The molecule has 0 saturated heterocycles. The lowest BCUT2D eigenvalue weighted by molar-refractivity contribution is 0.108. The lowest BCUT2D eigenvalue weighted by Crippen LogP contribution is -2.05. The molecule has 118 valence electrons. The number of carbonyl (C=O) groups is 1. The van der Waals surface area contributed by atoms with Gasteiger partial charge in [0.05, 0.1) is 11.9 Å². The maximum absolute atomic E-state index is 11.2. The highest BCUT2D eigenvalue weighted by Gasteiger charge is 2.21. The summed E-state index contributed by atoms with van der Waals surface area (Å²) in [6, 6.07) is 0. The van der Waals surface area contributed by atoms with Gasteiger partial charge in [-0.3, -0.25) is 9.59 Å². The summed E-state index contributed by atoms with van der Waals surface area (Å²) >= 11 is 5.40. The van der Waals surface area contributed by atoms with Crippen molar-refractivity contribution in [1.82, 2.24) is 15.1 Å². The van der Waals surface area contributed by atoms with Crippen molar-refractivity contribution in [1.29, 1.82) is 0 Å². The molecule has 2 aromatic rings. The Kier molecular flexibility index (Phi) is 5.89. The van der Waals surface area contributed by atoms with Crippen LogP contribution in [-0.4, -0.2) is 20.4 Å². The average molecular weight is 324 g/mol. The molecule has 2 heterocycles. The zero-order valence-electron chi connectivity index (χ0n) is 12.4. The minimum absolute atomic E-state index is 0.147. The van der Waals surface area contributed by atoms with Crippen LogP contribution in [0.2, 0.25) is 0 Å². The lowest BCUT2D eigenvalue weighted by atomic mass is 10.0. The predicted molar refractivity (Wildman–Crippen MR) is 83.0 cm³/mol. The van der Waals surface area contributed by atoms with E-state index in [1.54, 1.807) is 6.92 Å². The van der Waals surface area contributed by atoms with Crippen LogP contribution in [0.15, 0.2) is 21.7 Å². The number of rotatable bonds is 2. The van der Waals surface area contributed by atoms with Gasteiger partial charge < -0.3 is 9.51 Å². The fourth-order valence-corrected chi connectivity index (χ4v) is 2.53. The van der Waals surface area contributed by atoms with E-state index in [0.717, 1.165) is 6.20 Å². The molecule has 0 bridgehead atoms. The van der Waals surface area contributed by atoms with Crippen molar-refractivity contribution >= 4 is 16.8 Å². The first-order chi connectivity index (χ1) is 10.6. The van der Waals surface area contributed by atoms with E-state index < -0.39 is 5.24 Å². The number of aromatic nitrogens is 3. The van der Waals surface area contributed by atoms with Crippen LogP contribution in [-0.2, 0) is 0 Å². The van der Waals surface area contributed by atoms with Gasteiger partial charge in [0.25, 0.3) is 10.8 Å². The number of nitrogens with zero attached hydrogens (tertiary/aromatic N) is 2. The van der Waals surface area contributed by atoms with Crippen LogP contribution in [0.25, 0.3) is 11.5 Å². The summed E-state index contributed by atoms with van der Waals surface area (Å²) in [7, 11) is 0. The van der Waals surface area contributed by atoms with E-state index in [-0.39, 0.29) is 16.9 Å². The van der Waals surface area contributed by atoms with Gasteiger partial charge >= 0.3 is 0 Å². The van der Waals surface area contributed by atoms with Crippen molar-refractivity contribution in [2.45, 2.75) is 45.4 Å². The smallest absolute Gasteiger partial charge is 0.266 e. The SMILES string of the molecule is C1CCCCC1.Cc1noc(-c2c[nH]c(=O)cn2)c1C(=O)Cl. The molecule has 6 nitrogen and oxygen atoms in total. The molecule has 3 rings (SSSR count). The van der Waals surface area contributed by atoms with E-state index in [9.17, 15) is 9.59 Å². The Bertz CT molecular complexity index is 658. The minimum atomic E-state index is -0.679. The third-order valence-corrected chi connectivity index (χ3v) is 3.65. The number of halogens is 1. The van der Waals surface area contributed by atoms with Gasteiger partial charge in [0.15, 0.2) is 5.76 Å². The van der Waals surface area contributed by atoms with Crippen LogP contribution in [0.5, 0.6) is 0 Å². The first kappa shape index (κ1) is 16.4. The van der Waals surface area contributed by atoms with E-state index in [4.69, 9.17) is 16.1 Å². The largest absolute Gasteiger partial charge is 0.353 e. The Morgan fingerprint density at radius 3 is 2.27 bits per heavy atom. The van der Waals surface area contributed by atoms with Gasteiger partial charge in [-0.2, -0.15) is 0 Å². The van der Waals surface area contributed by atoms with Crippen LogP contribution in [0.4, 0.5) is 0 Å². The number of aryl methyl sites for hydroxylation is 1. The second-order valence-electron chi connectivity index (χ2n) is 5.16. The van der Waals surface area contributed by atoms with Crippen LogP contribution in [0, 0.1) is 6.92 Å². The first-order valence-corrected chi connectivity index (χ1v) is 7.68. The highest BCUT2D eigenvalue weighted by atomic mass is 35.5. The summed E-state index contributed by atoms with van der Waals surface area (Å²) in [5.41, 5.74) is 0.479. The highest BCUT2D eigenvalue weighted by molar-refractivity contribution is 6.68. The monoisotopic (exact) mass is 323 g/mol. The van der Waals surface area contributed by atoms with Crippen molar-refractivity contribution in [2.75, 3.05) is 0 Å². The van der Waals surface area contributed by atoms with Crippen molar-refractivity contribution in [3.05, 3.63) is 34.0 Å². The standard InChI is InChI=1S/C9H6ClN3O3.C6H12/c1-4-7(9(10)15)8(16-13-4)5-2-12-6(14)3-11-5;1-2-4-6-5-3-1/h2-3H,1H3,(H,12,14);1-6H2. The molecule has 1 N–H and O–H groups in total. The summed E-state index contributed by atoms with van der Waals surface area (Å²) in [6.45, 7) is 1.59. The second kappa shape index (κ2) is 7.89. The van der Waals surface area contributed by atoms with E-state index in [1.165, 1.54) is 44.7 Å². The fraction of sp³-hybridized carbons (Fsp3) is 0.467. The zero-order valence-corrected chi connectivity index (χ0v) is 13.2. The van der Waals surface area contributed by atoms with E-state index in [1.807, 2.05) is 0 Å². The molecule has 1 fully saturated rings.